The summed E-state index contributed by atoms with van der Waals surface area (Å²) in [7, 11) is 0. The zero-order valence-electron chi connectivity index (χ0n) is 22.0. The Hall–Kier alpha value is -3.03. The van der Waals surface area contributed by atoms with Gasteiger partial charge in [0, 0.05) is 25.6 Å². The number of imidazole rings is 1. The number of likely N-dealkylation sites (tertiary alicyclic amines) is 1. The van der Waals surface area contributed by atoms with Crippen LogP contribution in [-0.4, -0.2) is 90.7 Å². The van der Waals surface area contributed by atoms with Crippen molar-refractivity contribution in [2.24, 2.45) is 11.3 Å². The molecule has 13 nitrogen and oxygen atoms in total. The Morgan fingerprint density at radius 1 is 1.16 bits per heavy atom. The van der Waals surface area contributed by atoms with Crippen LogP contribution in [0, 0.1) is 11.3 Å². The number of piperidine rings is 1. The minimum Gasteiger partial charge on any atom is -0.449 e. The van der Waals surface area contributed by atoms with E-state index in [9.17, 15) is 19.8 Å². The van der Waals surface area contributed by atoms with Gasteiger partial charge >= 0.3 is 6.09 Å². The van der Waals surface area contributed by atoms with Crippen LogP contribution in [0.25, 0.3) is 11.2 Å². The summed E-state index contributed by atoms with van der Waals surface area (Å²) in [5.74, 6) is 0.513. The number of aliphatic hydroxyl groups is 2. The number of anilines is 1. The largest absolute Gasteiger partial charge is 0.449 e. The molecule has 2 aromatic heterocycles. The molecular weight excluding hydrogens is 494 g/mol. The number of aliphatic hydroxyl groups excluding tert-OH is 2. The quantitative estimate of drug-likeness (QED) is 0.416. The van der Waals surface area contributed by atoms with Crippen molar-refractivity contribution < 1.29 is 29.3 Å². The summed E-state index contributed by atoms with van der Waals surface area (Å²) in [6, 6.07) is 0.0969. The summed E-state index contributed by atoms with van der Waals surface area (Å²) >= 11 is 0. The van der Waals surface area contributed by atoms with Gasteiger partial charge in [0.15, 0.2) is 23.8 Å². The molecule has 13 heteroatoms. The molecule has 2 unspecified atom stereocenters. The Morgan fingerprint density at radius 3 is 2.53 bits per heavy atom. The van der Waals surface area contributed by atoms with Crippen molar-refractivity contribution in [3.8, 4) is 0 Å². The van der Waals surface area contributed by atoms with Crippen molar-refractivity contribution in [2.45, 2.75) is 83.5 Å². The molecule has 1 saturated carbocycles. The molecule has 3 fully saturated rings. The van der Waals surface area contributed by atoms with E-state index in [4.69, 9.17) is 15.2 Å². The van der Waals surface area contributed by atoms with Gasteiger partial charge in [-0.1, -0.05) is 20.8 Å². The molecule has 0 spiro atoms. The van der Waals surface area contributed by atoms with Crippen LogP contribution >= 0.6 is 0 Å². The maximum absolute atomic E-state index is 12.5. The normalized spacial score (nSPS) is 26.6. The molecule has 0 aromatic carbocycles. The maximum Gasteiger partial charge on any atom is 0.409 e. The van der Waals surface area contributed by atoms with Crippen LogP contribution in [0.5, 0.6) is 0 Å². The van der Waals surface area contributed by atoms with Crippen molar-refractivity contribution in [3.63, 3.8) is 0 Å². The molecule has 38 heavy (non-hydrogen) atoms. The van der Waals surface area contributed by atoms with Gasteiger partial charge in [-0.25, -0.2) is 19.7 Å². The molecule has 5 rings (SSSR count). The first-order valence-corrected chi connectivity index (χ1v) is 13.2. The second-order valence-corrected chi connectivity index (χ2v) is 11.8. The van der Waals surface area contributed by atoms with Crippen molar-refractivity contribution in [1.82, 2.24) is 29.7 Å². The number of nitrogens with one attached hydrogen (secondary N) is 1. The number of nitrogen functional groups attached to an aromatic ring is 1. The number of carbonyl (C=O) groups excluding carboxylic acids is 2. The third-order valence-electron chi connectivity index (χ3n) is 7.16. The van der Waals surface area contributed by atoms with Gasteiger partial charge < -0.3 is 35.6 Å². The Morgan fingerprint density at radius 2 is 1.87 bits per heavy atom. The van der Waals surface area contributed by atoms with Crippen molar-refractivity contribution in [2.75, 3.05) is 25.4 Å². The minimum atomic E-state index is -1.39. The monoisotopic (exact) mass is 531 g/mol. The smallest absolute Gasteiger partial charge is 0.409 e. The van der Waals surface area contributed by atoms with Gasteiger partial charge in [0.2, 0.25) is 0 Å². The fraction of sp³-hybridized carbons (Fsp3) is 0.720. The van der Waals surface area contributed by atoms with Gasteiger partial charge in [-0.15, -0.1) is 0 Å². The minimum absolute atomic E-state index is 0.0853. The highest BCUT2D eigenvalue weighted by atomic mass is 16.6. The summed E-state index contributed by atoms with van der Waals surface area (Å²) in [5.41, 5.74) is 6.81. The SMILES string of the molecule is CC(C)(C)COC(=O)N1CCC(Cc2nc(N)c3ncn([C@@H]4O[C@H](C(=O)NC5CC5)C(O)C4O)c3n2)CC1. The van der Waals surface area contributed by atoms with Gasteiger partial charge in [-0.05, 0) is 37.0 Å². The topological polar surface area (TPSA) is 178 Å². The number of hydrogen-bond donors (Lipinski definition) is 4. The number of hydrogen-bond acceptors (Lipinski definition) is 10. The molecule has 3 aliphatic rings. The Balaban J connectivity index is 1.25. The van der Waals surface area contributed by atoms with E-state index in [1.54, 1.807) is 4.90 Å². The lowest BCUT2D eigenvalue weighted by atomic mass is 9.93. The number of carbonyl (C=O) groups is 2. The first kappa shape index (κ1) is 26.6. The summed E-state index contributed by atoms with van der Waals surface area (Å²) in [6.45, 7) is 7.61. The number of nitrogens with two attached hydrogens (primary N) is 1. The number of nitrogens with zero attached hydrogens (tertiary/aromatic N) is 5. The third-order valence-corrected chi connectivity index (χ3v) is 7.16. The molecular formula is C25H37N7O6. The van der Waals surface area contributed by atoms with Crippen LogP contribution in [0.2, 0.25) is 0 Å². The molecule has 2 amide bonds. The molecule has 4 atom stereocenters. The van der Waals surface area contributed by atoms with Crippen LogP contribution in [0.3, 0.4) is 0 Å². The molecule has 5 N–H and O–H groups in total. The lowest BCUT2D eigenvalue weighted by Crippen LogP contribution is -2.43. The van der Waals surface area contributed by atoms with E-state index in [1.165, 1.54) is 10.9 Å². The molecule has 0 bridgehead atoms. The number of fused-ring (bicyclic) bond motifs is 1. The van der Waals surface area contributed by atoms with E-state index in [2.05, 4.69) is 20.3 Å². The van der Waals surface area contributed by atoms with Crippen molar-refractivity contribution >= 4 is 29.0 Å². The Kier molecular flexibility index (Phi) is 7.18. The summed E-state index contributed by atoms with van der Waals surface area (Å²) in [4.78, 5) is 40.0. The first-order chi connectivity index (χ1) is 18.0. The van der Waals surface area contributed by atoms with Crippen LogP contribution in [0.1, 0.15) is 58.5 Å². The number of rotatable bonds is 6. The average molecular weight is 532 g/mol. The van der Waals surface area contributed by atoms with E-state index >= 15 is 0 Å². The van der Waals surface area contributed by atoms with Crippen LogP contribution in [-0.2, 0) is 20.7 Å². The molecule has 2 aliphatic heterocycles. The lowest BCUT2D eigenvalue weighted by molar-refractivity contribution is -0.137. The van der Waals surface area contributed by atoms with Gasteiger partial charge in [0.1, 0.15) is 23.5 Å². The van der Waals surface area contributed by atoms with E-state index in [1.807, 2.05) is 20.8 Å². The Labute approximate surface area is 220 Å². The van der Waals surface area contributed by atoms with Crippen LogP contribution < -0.4 is 11.1 Å². The van der Waals surface area contributed by atoms with Gasteiger partial charge in [-0.2, -0.15) is 0 Å². The number of aromatic nitrogens is 4. The fourth-order valence-corrected chi connectivity index (χ4v) is 4.83. The second-order valence-electron chi connectivity index (χ2n) is 11.8. The second kappa shape index (κ2) is 10.3. The van der Waals surface area contributed by atoms with E-state index in [0.717, 1.165) is 25.7 Å². The highest BCUT2D eigenvalue weighted by Gasteiger charge is 2.48. The summed E-state index contributed by atoms with van der Waals surface area (Å²) in [5, 5.41) is 24.0. The molecule has 1 aliphatic carbocycles. The molecule has 4 heterocycles. The average Bonchev–Trinajstić information content (AvgIpc) is 3.50. The third kappa shape index (κ3) is 5.69. The van der Waals surface area contributed by atoms with Gasteiger partial charge in [-0.3, -0.25) is 9.36 Å². The molecule has 2 aromatic rings. The summed E-state index contributed by atoms with van der Waals surface area (Å²) < 4.78 is 12.7. The molecule has 0 radical (unpaired) electrons. The highest BCUT2D eigenvalue weighted by molar-refractivity contribution is 5.83. The van der Waals surface area contributed by atoms with Crippen molar-refractivity contribution in [1.29, 1.82) is 0 Å². The van der Waals surface area contributed by atoms with Gasteiger partial charge in [0.25, 0.3) is 5.91 Å². The molecule has 2 saturated heterocycles. The van der Waals surface area contributed by atoms with Gasteiger partial charge in [0.05, 0.1) is 12.9 Å². The predicted octanol–water partition coefficient (Wildman–Crippen LogP) is 0.744. The molecule has 208 valence electrons. The van der Waals surface area contributed by atoms with Crippen LogP contribution in [0.4, 0.5) is 10.6 Å². The maximum atomic E-state index is 12.5. The fourth-order valence-electron chi connectivity index (χ4n) is 4.83. The zero-order valence-corrected chi connectivity index (χ0v) is 22.0. The van der Waals surface area contributed by atoms with E-state index in [0.29, 0.717) is 43.1 Å². The standard InChI is InChI=1S/C25H37N7O6/c1-25(2,3)11-37-24(36)31-8-6-13(7-9-31)10-15-29-20(26)16-21(30-15)32(12-27-16)23-18(34)17(33)19(38-23)22(35)28-14-4-5-14/h12-14,17-19,23,33-34H,4-11H2,1-3H3,(H,28,35)(H2,26,29,30)/t17?,18?,19-,23+/m0/s1. The van der Waals surface area contributed by atoms with Crippen LogP contribution in [0.15, 0.2) is 6.33 Å². The lowest BCUT2D eigenvalue weighted by Gasteiger charge is -2.32. The number of ether oxygens (including phenoxy) is 2. The van der Waals surface area contributed by atoms with E-state index < -0.39 is 30.4 Å². The highest BCUT2D eigenvalue weighted by Crippen LogP contribution is 2.33. The number of amides is 2. The van der Waals surface area contributed by atoms with Crippen molar-refractivity contribution in [3.05, 3.63) is 12.2 Å². The predicted molar refractivity (Wildman–Crippen MR) is 136 cm³/mol. The Bertz CT molecular complexity index is 1180. The summed E-state index contributed by atoms with van der Waals surface area (Å²) in [6.07, 6.45) is 0.0194. The zero-order chi connectivity index (χ0) is 27.2. The first-order valence-electron chi connectivity index (χ1n) is 13.2. The van der Waals surface area contributed by atoms with E-state index in [-0.39, 0.29) is 29.3 Å².